The maximum Gasteiger partial charge on any atom is 0.275 e. The predicted molar refractivity (Wildman–Crippen MR) is 181 cm³/mol. The highest BCUT2D eigenvalue weighted by molar-refractivity contribution is 6.34. The summed E-state index contributed by atoms with van der Waals surface area (Å²) in [5.41, 5.74) is 7.27. The van der Waals surface area contributed by atoms with Gasteiger partial charge in [-0.25, -0.2) is 9.97 Å². The Balaban J connectivity index is 1.52. The van der Waals surface area contributed by atoms with E-state index in [4.69, 9.17) is 42.9 Å². The first kappa shape index (κ1) is 35.1. The van der Waals surface area contributed by atoms with Gasteiger partial charge in [-0.15, -0.1) is 0 Å². The molecule has 0 saturated carbocycles. The van der Waals surface area contributed by atoms with Crippen LogP contribution in [0.15, 0.2) is 48.5 Å². The number of amides is 1. The lowest BCUT2D eigenvalue weighted by atomic mass is 9.95. The number of methoxy groups -OCH3 is 1. The number of aliphatic hydroxyl groups excluding tert-OH is 2. The summed E-state index contributed by atoms with van der Waals surface area (Å²) in [7, 11) is 1.55. The van der Waals surface area contributed by atoms with Crippen molar-refractivity contribution in [3.63, 3.8) is 0 Å². The summed E-state index contributed by atoms with van der Waals surface area (Å²) >= 11 is 13.0. The number of aliphatic hydroxyl groups is 2. The van der Waals surface area contributed by atoms with E-state index in [-0.39, 0.29) is 30.5 Å². The van der Waals surface area contributed by atoms with E-state index in [0.717, 1.165) is 33.4 Å². The van der Waals surface area contributed by atoms with E-state index in [1.807, 2.05) is 57.2 Å². The normalized spacial score (nSPS) is 11.0. The maximum absolute atomic E-state index is 13.3. The molecule has 2 aromatic heterocycles. The molecule has 0 bridgehead atoms. The van der Waals surface area contributed by atoms with Gasteiger partial charge in [-0.3, -0.25) is 4.79 Å². The fourth-order valence-corrected chi connectivity index (χ4v) is 5.45. The van der Waals surface area contributed by atoms with Gasteiger partial charge in [0.25, 0.3) is 5.91 Å². The van der Waals surface area contributed by atoms with E-state index in [2.05, 4.69) is 25.9 Å². The van der Waals surface area contributed by atoms with Gasteiger partial charge in [0.1, 0.15) is 23.7 Å². The Morgan fingerprint density at radius 1 is 0.848 bits per heavy atom. The molecule has 46 heavy (non-hydrogen) atoms. The molecule has 244 valence electrons. The number of anilines is 1. The van der Waals surface area contributed by atoms with Gasteiger partial charge in [0.05, 0.1) is 30.4 Å². The van der Waals surface area contributed by atoms with E-state index in [1.54, 1.807) is 19.2 Å². The first-order valence-corrected chi connectivity index (χ1v) is 15.6. The van der Waals surface area contributed by atoms with Crippen molar-refractivity contribution >= 4 is 34.8 Å². The van der Waals surface area contributed by atoms with Gasteiger partial charge in [0, 0.05) is 43.1 Å². The third-order valence-electron chi connectivity index (χ3n) is 7.50. The zero-order valence-corrected chi connectivity index (χ0v) is 27.8. The number of halogens is 2. The topological polar surface area (TPSA) is 138 Å². The first-order valence-electron chi connectivity index (χ1n) is 14.8. The standard InChI is InChI=1S/C34H39Cl2N5O5/c1-20-25(7-5-9-29(20)40-33(44)32-28(36)15-23(22(3)39-32)17-37-11-13-42)26-8-6-10-31(21(26)2)46-19-30-27(35)16-24(18-38-12-14-43)34(41-30)45-4/h5-10,15-16,37-38,42-43H,11-14,17-19H2,1-4H3,(H,40,44). The Hall–Kier alpha value is -3.77. The molecule has 0 aliphatic rings. The molecule has 0 aliphatic carbocycles. The zero-order chi connectivity index (χ0) is 33.2. The van der Waals surface area contributed by atoms with E-state index in [0.29, 0.717) is 59.9 Å². The average molecular weight is 669 g/mol. The highest BCUT2D eigenvalue weighted by Gasteiger charge is 2.19. The van der Waals surface area contributed by atoms with Crippen LogP contribution in [0.4, 0.5) is 5.69 Å². The summed E-state index contributed by atoms with van der Waals surface area (Å²) in [6.45, 7) is 7.75. The number of nitrogens with one attached hydrogen (secondary N) is 3. The third kappa shape index (κ3) is 8.52. The van der Waals surface area contributed by atoms with Gasteiger partial charge < -0.3 is 35.6 Å². The molecule has 5 N–H and O–H groups in total. The van der Waals surface area contributed by atoms with Crippen LogP contribution >= 0.6 is 23.2 Å². The monoisotopic (exact) mass is 667 g/mol. The number of hydrogen-bond donors (Lipinski definition) is 5. The van der Waals surface area contributed by atoms with E-state index in [9.17, 15) is 4.79 Å². The summed E-state index contributed by atoms with van der Waals surface area (Å²) in [6, 6.07) is 15.0. The molecule has 4 aromatic rings. The number of carbonyl (C=O) groups excluding carboxylic acids is 1. The third-order valence-corrected chi connectivity index (χ3v) is 8.11. The highest BCUT2D eigenvalue weighted by Crippen LogP contribution is 2.35. The van der Waals surface area contributed by atoms with Gasteiger partial charge >= 0.3 is 0 Å². The van der Waals surface area contributed by atoms with Gasteiger partial charge in [-0.2, -0.15) is 0 Å². The molecule has 0 fully saturated rings. The number of aromatic nitrogens is 2. The second-order valence-corrected chi connectivity index (χ2v) is 11.4. The number of rotatable bonds is 15. The van der Waals surface area contributed by atoms with Crippen molar-refractivity contribution in [2.75, 3.05) is 38.7 Å². The summed E-state index contributed by atoms with van der Waals surface area (Å²) < 4.78 is 11.7. The first-order chi connectivity index (χ1) is 22.2. The summed E-state index contributed by atoms with van der Waals surface area (Å²) in [5, 5.41) is 27.9. The molecule has 10 nitrogen and oxygen atoms in total. The zero-order valence-electron chi connectivity index (χ0n) is 26.3. The highest BCUT2D eigenvalue weighted by atomic mass is 35.5. The van der Waals surface area contributed by atoms with Gasteiger partial charge in [0.15, 0.2) is 0 Å². The number of benzene rings is 2. The maximum atomic E-state index is 13.3. The number of aryl methyl sites for hydroxylation is 1. The Morgan fingerprint density at radius 3 is 2.15 bits per heavy atom. The lowest BCUT2D eigenvalue weighted by molar-refractivity contribution is 0.102. The molecule has 0 saturated heterocycles. The van der Waals surface area contributed by atoms with E-state index >= 15 is 0 Å². The fourth-order valence-electron chi connectivity index (χ4n) is 4.96. The van der Waals surface area contributed by atoms with Crippen LogP contribution in [0.2, 0.25) is 10.0 Å². The molecule has 12 heteroatoms. The fraction of sp³-hybridized carbons (Fsp3) is 0.324. The number of ether oxygens (including phenoxy) is 2. The number of hydrogen-bond acceptors (Lipinski definition) is 9. The molecular weight excluding hydrogens is 629 g/mol. The number of pyridine rings is 2. The van der Waals surface area contributed by atoms with Crippen LogP contribution in [-0.4, -0.2) is 59.5 Å². The molecule has 2 heterocycles. The smallest absolute Gasteiger partial charge is 0.275 e. The second kappa shape index (κ2) is 16.7. The number of nitrogens with zero attached hydrogens (tertiary/aromatic N) is 2. The number of carbonyl (C=O) groups is 1. The average Bonchev–Trinajstić information content (AvgIpc) is 3.04. The Kier molecular flexibility index (Phi) is 12.7. The van der Waals surface area contributed by atoms with Gasteiger partial charge in [-0.05, 0) is 72.9 Å². The summed E-state index contributed by atoms with van der Waals surface area (Å²) in [6.07, 6.45) is 0. The SMILES string of the molecule is COc1nc(COc2cccc(-c3cccc(NC(=O)c4nc(C)c(CNCCO)cc4Cl)c3C)c2C)c(Cl)cc1CNCCO. The van der Waals surface area contributed by atoms with Crippen molar-refractivity contribution in [1.82, 2.24) is 20.6 Å². The molecule has 0 spiro atoms. The van der Waals surface area contributed by atoms with Crippen molar-refractivity contribution in [2.45, 2.75) is 40.5 Å². The summed E-state index contributed by atoms with van der Waals surface area (Å²) in [5.74, 6) is 0.690. The Bertz CT molecular complexity index is 1680. The van der Waals surface area contributed by atoms with Crippen LogP contribution in [0.25, 0.3) is 11.1 Å². The lowest BCUT2D eigenvalue weighted by Crippen LogP contribution is -2.20. The van der Waals surface area contributed by atoms with Crippen LogP contribution < -0.4 is 25.4 Å². The minimum Gasteiger partial charge on any atom is -0.487 e. The largest absolute Gasteiger partial charge is 0.487 e. The van der Waals surface area contributed by atoms with E-state index < -0.39 is 5.91 Å². The molecule has 2 aromatic carbocycles. The van der Waals surface area contributed by atoms with Crippen molar-refractivity contribution in [1.29, 1.82) is 0 Å². The molecule has 0 unspecified atom stereocenters. The lowest BCUT2D eigenvalue weighted by Gasteiger charge is -2.17. The molecule has 1 amide bonds. The molecule has 0 radical (unpaired) electrons. The molecule has 0 aliphatic heterocycles. The van der Waals surface area contributed by atoms with Crippen LogP contribution in [0.3, 0.4) is 0 Å². The Morgan fingerprint density at radius 2 is 1.48 bits per heavy atom. The predicted octanol–water partition coefficient (Wildman–Crippen LogP) is 5.38. The van der Waals surface area contributed by atoms with Crippen LogP contribution in [0, 0.1) is 20.8 Å². The molecule has 4 rings (SSSR count). The van der Waals surface area contributed by atoms with Crippen LogP contribution in [-0.2, 0) is 19.7 Å². The van der Waals surface area contributed by atoms with E-state index in [1.165, 1.54) is 0 Å². The van der Waals surface area contributed by atoms with Crippen LogP contribution in [0.1, 0.15) is 44.1 Å². The Labute approximate surface area is 279 Å². The van der Waals surface area contributed by atoms with Gasteiger partial charge in [-0.1, -0.05) is 47.5 Å². The minimum atomic E-state index is -0.410. The molecule has 0 atom stereocenters. The second-order valence-electron chi connectivity index (χ2n) is 10.6. The minimum absolute atomic E-state index is 0.0262. The van der Waals surface area contributed by atoms with Crippen LogP contribution in [0.5, 0.6) is 11.6 Å². The van der Waals surface area contributed by atoms with Crippen molar-refractivity contribution < 1.29 is 24.5 Å². The van der Waals surface area contributed by atoms with Crippen molar-refractivity contribution in [3.8, 4) is 22.8 Å². The van der Waals surface area contributed by atoms with Crippen molar-refractivity contribution in [2.24, 2.45) is 0 Å². The molecular formula is C34H39Cl2N5O5. The van der Waals surface area contributed by atoms with Crippen molar-refractivity contribution in [3.05, 3.63) is 97.9 Å². The van der Waals surface area contributed by atoms with Gasteiger partial charge in [0.2, 0.25) is 5.88 Å². The summed E-state index contributed by atoms with van der Waals surface area (Å²) in [4.78, 5) is 22.3. The quantitative estimate of drug-likeness (QED) is 0.106.